The van der Waals surface area contributed by atoms with Gasteiger partial charge in [-0.05, 0) is 5.56 Å². The second-order valence-electron chi connectivity index (χ2n) is 5.13. The summed E-state index contributed by atoms with van der Waals surface area (Å²) in [4.78, 5) is 17.6. The fraction of sp³-hybridized carbons (Fsp3) is 0.333. The molecule has 1 aromatic carbocycles. The third-order valence-corrected chi connectivity index (χ3v) is 4.04. The molecule has 0 atom stereocenters. The van der Waals surface area contributed by atoms with E-state index in [9.17, 15) is 13.6 Å². The summed E-state index contributed by atoms with van der Waals surface area (Å²) in [5, 5.41) is 0.406. The molecule has 0 N–H and O–H groups in total. The maximum absolute atomic E-state index is 12.5. The number of rotatable bonds is 4. The second kappa shape index (κ2) is 6.04. The maximum atomic E-state index is 12.5. The van der Waals surface area contributed by atoms with Crippen molar-refractivity contribution in [2.24, 2.45) is 0 Å². The van der Waals surface area contributed by atoms with Crippen LogP contribution in [0, 0.1) is 0 Å². The highest BCUT2D eigenvalue weighted by atomic mass is 35.5. The van der Waals surface area contributed by atoms with Gasteiger partial charge in [-0.3, -0.25) is 4.79 Å². The van der Waals surface area contributed by atoms with Gasteiger partial charge in [0.25, 0.3) is 12.3 Å². The first-order valence-corrected chi connectivity index (χ1v) is 7.30. The molecule has 22 heavy (non-hydrogen) atoms. The number of hydrogen-bond donors (Lipinski definition) is 0. The number of aromatic nitrogens is 2. The summed E-state index contributed by atoms with van der Waals surface area (Å²) < 4.78 is 26.6. The van der Waals surface area contributed by atoms with Crippen molar-refractivity contribution in [2.75, 3.05) is 13.1 Å². The number of fused-ring (bicyclic) bond motifs is 1. The van der Waals surface area contributed by atoms with Crippen LogP contribution in [0.15, 0.2) is 30.3 Å². The molecule has 3 rings (SSSR count). The van der Waals surface area contributed by atoms with E-state index in [1.54, 1.807) is 4.57 Å². The number of hydrogen-bond acceptors (Lipinski definition) is 2. The SMILES string of the molecule is O=C1c2nc(Cc3ccccc3)c(Cl)n2CCN1CC(F)F. The van der Waals surface area contributed by atoms with Gasteiger partial charge in [-0.1, -0.05) is 41.9 Å². The molecule has 2 aromatic rings. The lowest BCUT2D eigenvalue weighted by molar-refractivity contribution is 0.0491. The average Bonchev–Trinajstić information content (AvgIpc) is 2.80. The predicted octanol–water partition coefficient (Wildman–Crippen LogP) is 2.85. The molecule has 116 valence electrons. The Labute approximate surface area is 131 Å². The largest absolute Gasteiger partial charge is 0.328 e. The van der Waals surface area contributed by atoms with Crippen molar-refractivity contribution in [3.8, 4) is 0 Å². The Balaban J connectivity index is 1.87. The van der Waals surface area contributed by atoms with E-state index in [0.717, 1.165) is 10.5 Å². The van der Waals surface area contributed by atoms with Crippen LogP contribution in [-0.4, -0.2) is 39.9 Å². The van der Waals surface area contributed by atoms with Crippen molar-refractivity contribution in [1.29, 1.82) is 0 Å². The van der Waals surface area contributed by atoms with E-state index in [2.05, 4.69) is 4.98 Å². The molecule has 0 radical (unpaired) electrons. The lowest BCUT2D eigenvalue weighted by atomic mass is 10.1. The van der Waals surface area contributed by atoms with E-state index >= 15 is 0 Å². The molecule has 0 saturated carbocycles. The normalized spacial score (nSPS) is 14.5. The minimum absolute atomic E-state index is 0.142. The average molecular weight is 326 g/mol. The Morgan fingerprint density at radius 2 is 1.95 bits per heavy atom. The van der Waals surface area contributed by atoms with Gasteiger partial charge in [0.2, 0.25) is 5.82 Å². The van der Waals surface area contributed by atoms with Crippen molar-refractivity contribution in [2.45, 2.75) is 19.4 Å². The highest BCUT2D eigenvalue weighted by molar-refractivity contribution is 6.30. The minimum Gasteiger partial charge on any atom is -0.328 e. The van der Waals surface area contributed by atoms with Crippen LogP contribution >= 0.6 is 11.6 Å². The van der Waals surface area contributed by atoms with Gasteiger partial charge >= 0.3 is 0 Å². The molecule has 1 aromatic heterocycles. The summed E-state index contributed by atoms with van der Waals surface area (Å²) in [5.41, 5.74) is 1.62. The van der Waals surface area contributed by atoms with Crippen molar-refractivity contribution < 1.29 is 13.6 Å². The molecular formula is C15H14ClF2N3O. The molecule has 0 spiro atoms. The number of carbonyl (C=O) groups excluding carboxylic acids is 1. The first-order valence-electron chi connectivity index (χ1n) is 6.92. The molecule has 2 heterocycles. The fourth-order valence-corrected chi connectivity index (χ4v) is 2.83. The molecule has 4 nitrogen and oxygen atoms in total. The highest BCUT2D eigenvalue weighted by Gasteiger charge is 2.31. The minimum atomic E-state index is -2.55. The van der Waals surface area contributed by atoms with Crippen molar-refractivity contribution in [3.63, 3.8) is 0 Å². The summed E-state index contributed by atoms with van der Waals surface area (Å²) in [7, 11) is 0. The van der Waals surface area contributed by atoms with Crippen LogP contribution < -0.4 is 0 Å². The molecule has 0 saturated heterocycles. The van der Waals surface area contributed by atoms with Gasteiger partial charge in [0.1, 0.15) is 5.15 Å². The number of benzene rings is 1. The van der Waals surface area contributed by atoms with Gasteiger partial charge in [-0.2, -0.15) is 0 Å². The molecule has 0 fully saturated rings. The predicted molar refractivity (Wildman–Crippen MR) is 78.4 cm³/mol. The fourth-order valence-electron chi connectivity index (χ4n) is 2.56. The van der Waals surface area contributed by atoms with Crippen molar-refractivity contribution in [1.82, 2.24) is 14.5 Å². The standard InChI is InChI=1S/C15H14ClF2N3O/c16-13-11(8-10-4-2-1-3-5-10)19-14-15(22)20(9-12(17)18)6-7-21(13)14/h1-5,12H,6-9H2. The Morgan fingerprint density at radius 3 is 2.64 bits per heavy atom. The van der Waals surface area contributed by atoms with E-state index < -0.39 is 18.9 Å². The van der Waals surface area contributed by atoms with Crippen LogP contribution in [0.1, 0.15) is 21.9 Å². The number of carbonyl (C=O) groups is 1. The van der Waals surface area contributed by atoms with Gasteiger partial charge in [-0.25, -0.2) is 13.8 Å². The number of imidazole rings is 1. The quantitative estimate of drug-likeness (QED) is 0.867. The zero-order valence-electron chi connectivity index (χ0n) is 11.7. The Kier molecular flexibility index (Phi) is 4.11. The first-order chi connectivity index (χ1) is 10.6. The van der Waals surface area contributed by atoms with E-state index in [1.807, 2.05) is 30.3 Å². The zero-order chi connectivity index (χ0) is 15.7. The van der Waals surface area contributed by atoms with Crippen LogP contribution in [0.5, 0.6) is 0 Å². The van der Waals surface area contributed by atoms with Crippen molar-refractivity contribution >= 4 is 17.5 Å². The summed E-state index contributed by atoms with van der Waals surface area (Å²) in [6.07, 6.45) is -2.05. The summed E-state index contributed by atoms with van der Waals surface area (Å²) in [6.45, 7) is 0.0305. The molecule has 0 bridgehead atoms. The molecular weight excluding hydrogens is 312 g/mol. The number of nitrogens with zero attached hydrogens (tertiary/aromatic N) is 3. The third-order valence-electron chi connectivity index (χ3n) is 3.62. The van der Waals surface area contributed by atoms with E-state index in [0.29, 0.717) is 23.8 Å². The van der Waals surface area contributed by atoms with Crippen LogP contribution in [0.3, 0.4) is 0 Å². The molecule has 7 heteroatoms. The van der Waals surface area contributed by atoms with E-state index in [-0.39, 0.29) is 12.4 Å². The van der Waals surface area contributed by atoms with E-state index in [1.165, 1.54) is 0 Å². The van der Waals surface area contributed by atoms with Crippen molar-refractivity contribution in [3.05, 3.63) is 52.6 Å². The molecule has 1 amide bonds. The molecule has 0 aliphatic carbocycles. The van der Waals surface area contributed by atoms with Crippen LogP contribution in [0.25, 0.3) is 0 Å². The smallest absolute Gasteiger partial charge is 0.290 e. The summed E-state index contributed by atoms with van der Waals surface area (Å²) in [6, 6.07) is 9.62. The monoisotopic (exact) mass is 325 g/mol. The summed E-state index contributed by atoms with van der Waals surface area (Å²) >= 11 is 6.29. The highest BCUT2D eigenvalue weighted by Crippen LogP contribution is 2.24. The number of amides is 1. The first kappa shape index (κ1) is 15.0. The third kappa shape index (κ3) is 2.83. The molecule has 0 unspecified atom stereocenters. The number of halogens is 3. The Bertz CT molecular complexity index is 688. The van der Waals surface area contributed by atoms with Crippen LogP contribution in [-0.2, 0) is 13.0 Å². The Morgan fingerprint density at radius 1 is 1.23 bits per heavy atom. The Hall–Kier alpha value is -1.95. The van der Waals surface area contributed by atoms with Gasteiger partial charge in [-0.15, -0.1) is 0 Å². The molecule has 1 aliphatic heterocycles. The second-order valence-corrected chi connectivity index (χ2v) is 5.49. The summed E-state index contributed by atoms with van der Waals surface area (Å²) in [5.74, 6) is -0.351. The van der Waals surface area contributed by atoms with E-state index in [4.69, 9.17) is 11.6 Å². The van der Waals surface area contributed by atoms with Crippen LogP contribution in [0.2, 0.25) is 5.15 Å². The lowest BCUT2D eigenvalue weighted by Gasteiger charge is -2.27. The van der Waals surface area contributed by atoms with Gasteiger partial charge < -0.3 is 9.47 Å². The molecule has 1 aliphatic rings. The maximum Gasteiger partial charge on any atom is 0.290 e. The van der Waals surface area contributed by atoms with Gasteiger partial charge in [0.15, 0.2) is 0 Å². The van der Waals surface area contributed by atoms with Crippen LogP contribution in [0.4, 0.5) is 8.78 Å². The topological polar surface area (TPSA) is 38.1 Å². The lowest BCUT2D eigenvalue weighted by Crippen LogP contribution is -2.42. The zero-order valence-corrected chi connectivity index (χ0v) is 12.4. The van der Waals surface area contributed by atoms with Gasteiger partial charge in [0, 0.05) is 19.5 Å². The number of alkyl halides is 2. The van der Waals surface area contributed by atoms with Gasteiger partial charge in [0.05, 0.1) is 12.2 Å².